The standard InChI is InChI=1S/C19H22Cl2N2O/c1-3-23(4-2)18(16-10-5-6-11-17(16)21)13-22-19(24)14-8-7-9-15(20)12-14/h5-12,18H,3-4,13H2,1-2H3,(H,22,24). The molecule has 0 spiro atoms. The Bertz CT molecular complexity index is 687. The van der Waals surface area contributed by atoms with Crippen molar-refractivity contribution < 1.29 is 4.79 Å². The summed E-state index contributed by atoms with van der Waals surface area (Å²) in [6, 6.07) is 14.7. The van der Waals surface area contributed by atoms with E-state index < -0.39 is 0 Å². The normalized spacial score (nSPS) is 12.2. The van der Waals surface area contributed by atoms with Crippen molar-refractivity contribution >= 4 is 29.1 Å². The van der Waals surface area contributed by atoms with Gasteiger partial charge >= 0.3 is 0 Å². The van der Waals surface area contributed by atoms with E-state index in [1.165, 1.54) is 0 Å². The number of carbonyl (C=O) groups excluding carboxylic acids is 1. The number of halogens is 2. The molecule has 24 heavy (non-hydrogen) atoms. The smallest absolute Gasteiger partial charge is 0.251 e. The number of rotatable bonds is 7. The zero-order chi connectivity index (χ0) is 17.5. The Labute approximate surface area is 153 Å². The van der Waals surface area contributed by atoms with E-state index >= 15 is 0 Å². The number of nitrogens with one attached hydrogen (secondary N) is 1. The largest absolute Gasteiger partial charge is 0.350 e. The van der Waals surface area contributed by atoms with Gasteiger partial charge in [-0.05, 0) is 42.9 Å². The summed E-state index contributed by atoms with van der Waals surface area (Å²) in [5.74, 6) is -0.137. The lowest BCUT2D eigenvalue weighted by molar-refractivity contribution is 0.0935. The van der Waals surface area contributed by atoms with Gasteiger partial charge in [0.1, 0.15) is 0 Å². The van der Waals surface area contributed by atoms with Gasteiger partial charge < -0.3 is 5.32 Å². The van der Waals surface area contributed by atoms with E-state index in [1.54, 1.807) is 24.3 Å². The first kappa shape index (κ1) is 18.8. The topological polar surface area (TPSA) is 32.3 Å². The van der Waals surface area contributed by atoms with Gasteiger partial charge in [0.25, 0.3) is 5.91 Å². The average Bonchev–Trinajstić information content (AvgIpc) is 2.59. The maximum atomic E-state index is 12.4. The second-order valence-corrected chi connectivity index (χ2v) is 6.32. The van der Waals surface area contributed by atoms with Crippen molar-refractivity contribution in [2.75, 3.05) is 19.6 Å². The monoisotopic (exact) mass is 364 g/mol. The molecule has 1 unspecified atom stereocenters. The molecular weight excluding hydrogens is 343 g/mol. The molecule has 2 rings (SSSR count). The summed E-state index contributed by atoms with van der Waals surface area (Å²) in [7, 11) is 0. The molecule has 1 N–H and O–H groups in total. The lowest BCUT2D eigenvalue weighted by Gasteiger charge is -2.31. The fraction of sp³-hybridized carbons (Fsp3) is 0.316. The maximum absolute atomic E-state index is 12.4. The highest BCUT2D eigenvalue weighted by Gasteiger charge is 2.21. The van der Waals surface area contributed by atoms with Crippen LogP contribution in [0.5, 0.6) is 0 Å². The van der Waals surface area contributed by atoms with Crippen molar-refractivity contribution in [3.05, 3.63) is 69.7 Å². The summed E-state index contributed by atoms with van der Waals surface area (Å²) in [4.78, 5) is 14.7. The number of amides is 1. The summed E-state index contributed by atoms with van der Waals surface area (Å²) in [5.41, 5.74) is 1.58. The van der Waals surface area contributed by atoms with Gasteiger partial charge in [-0.25, -0.2) is 0 Å². The fourth-order valence-electron chi connectivity index (χ4n) is 2.77. The van der Waals surface area contributed by atoms with E-state index in [4.69, 9.17) is 23.2 Å². The minimum Gasteiger partial charge on any atom is -0.350 e. The number of hydrogen-bond donors (Lipinski definition) is 1. The van der Waals surface area contributed by atoms with Crippen LogP contribution in [0.3, 0.4) is 0 Å². The minimum absolute atomic E-state index is 0.0248. The molecule has 0 radical (unpaired) electrons. The zero-order valence-corrected chi connectivity index (χ0v) is 15.4. The predicted octanol–water partition coefficient (Wildman–Crippen LogP) is 4.81. The molecule has 5 heteroatoms. The first-order valence-corrected chi connectivity index (χ1v) is 8.84. The van der Waals surface area contributed by atoms with E-state index in [1.807, 2.05) is 24.3 Å². The van der Waals surface area contributed by atoms with E-state index in [0.717, 1.165) is 18.7 Å². The molecule has 2 aromatic carbocycles. The van der Waals surface area contributed by atoms with Crippen LogP contribution >= 0.6 is 23.2 Å². The highest BCUT2D eigenvalue weighted by Crippen LogP contribution is 2.27. The summed E-state index contributed by atoms with van der Waals surface area (Å²) in [6.45, 7) is 6.44. The third kappa shape index (κ3) is 4.73. The molecular formula is C19H22Cl2N2O. The summed E-state index contributed by atoms with van der Waals surface area (Å²) in [6.07, 6.45) is 0. The quantitative estimate of drug-likeness (QED) is 0.764. The Hall–Kier alpha value is -1.55. The van der Waals surface area contributed by atoms with Crippen LogP contribution in [0.15, 0.2) is 48.5 Å². The van der Waals surface area contributed by atoms with Crippen LogP contribution < -0.4 is 5.32 Å². The van der Waals surface area contributed by atoms with Gasteiger partial charge in [-0.15, -0.1) is 0 Å². The molecule has 1 amide bonds. The highest BCUT2D eigenvalue weighted by molar-refractivity contribution is 6.31. The van der Waals surface area contributed by atoms with Crippen LogP contribution in [0.2, 0.25) is 10.0 Å². The third-order valence-corrected chi connectivity index (χ3v) is 4.64. The highest BCUT2D eigenvalue weighted by atomic mass is 35.5. The van der Waals surface area contributed by atoms with Gasteiger partial charge in [0.2, 0.25) is 0 Å². The Kier molecular flexibility index (Phi) is 7.10. The van der Waals surface area contributed by atoms with Crippen molar-refractivity contribution in [3.63, 3.8) is 0 Å². The summed E-state index contributed by atoms with van der Waals surface area (Å²) < 4.78 is 0. The Morgan fingerprint density at radius 3 is 2.42 bits per heavy atom. The first-order chi connectivity index (χ1) is 11.6. The van der Waals surface area contributed by atoms with Gasteiger partial charge in [-0.1, -0.05) is 61.3 Å². The maximum Gasteiger partial charge on any atom is 0.251 e. The molecule has 1 atom stereocenters. The molecule has 0 aliphatic heterocycles. The molecule has 0 heterocycles. The van der Waals surface area contributed by atoms with E-state index in [2.05, 4.69) is 24.1 Å². The van der Waals surface area contributed by atoms with Crippen LogP contribution in [0, 0.1) is 0 Å². The van der Waals surface area contributed by atoms with Gasteiger partial charge in [0.05, 0.1) is 6.04 Å². The van der Waals surface area contributed by atoms with Crippen molar-refractivity contribution in [1.29, 1.82) is 0 Å². The number of carbonyl (C=O) groups is 1. The average molecular weight is 365 g/mol. The Balaban J connectivity index is 2.17. The zero-order valence-electron chi connectivity index (χ0n) is 13.9. The van der Waals surface area contributed by atoms with E-state index in [-0.39, 0.29) is 11.9 Å². The van der Waals surface area contributed by atoms with Gasteiger partial charge in [-0.3, -0.25) is 9.69 Å². The van der Waals surface area contributed by atoms with Crippen molar-refractivity contribution in [2.45, 2.75) is 19.9 Å². The molecule has 0 bridgehead atoms. The lowest BCUT2D eigenvalue weighted by atomic mass is 10.0. The number of nitrogens with zero attached hydrogens (tertiary/aromatic N) is 1. The first-order valence-electron chi connectivity index (χ1n) is 8.09. The summed E-state index contributed by atoms with van der Waals surface area (Å²) in [5, 5.41) is 4.27. The van der Waals surface area contributed by atoms with Crippen molar-refractivity contribution in [1.82, 2.24) is 10.2 Å². The molecule has 0 fully saturated rings. The lowest BCUT2D eigenvalue weighted by Crippen LogP contribution is -2.38. The van der Waals surface area contributed by atoms with Crippen molar-refractivity contribution in [2.24, 2.45) is 0 Å². The predicted molar refractivity (Wildman–Crippen MR) is 101 cm³/mol. The molecule has 0 aromatic heterocycles. The molecule has 0 aliphatic rings. The third-order valence-electron chi connectivity index (χ3n) is 4.06. The Morgan fingerprint density at radius 1 is 1.08 bits per heavy atom. The molecule has 0 saturated carbocycles. The molecule has 3 nitrogen and oxygen atoms in total. The molecule has 0 aliphatic carbocycles. The van der Waals surface area contributed by atoms with Crippen LogP contribution in [0.1, 0.15) is 35.8 Å². The number of hydrogen-bond acceptors (Lipinski definition) is 2. The second-order valence-electron chi connectivity index (χ2n) is 5.48. The van der Waals surface area contributed by atoms with Gasteiger partial charge in [0, 0.05) is 22.2 Å². The molecule has 0 saturated heterocycles. The number of likely N-dealkylation sites (N-methyl/N-ethyl adjacent to an activating group) is 1. The summed E-state index contributed by atoms with van der Waals surface area (Å²) >= 11 is 12.3. The van der Waals surface area contributed by atoms with Gasteiger partial charge in [0.15, 0.2) is 0 Å². The molecule has 2 aromatic rings. The van der Waals surface area contributed by atoms with E-state index in [0.29, 0.717) is 22.2 Å². The van der Waals surface area contributed by atoms with Gasteiger partial charge in [-0.2, -0.15) is 0 Å². The number of benzene rings is 2. The Morgan fingerprint density at radius 2 is 1.79 bits per heavy atom. The van der Waals surface area contributed by atoms with Crippen LogP contribution in [-0.2, 0) is 0 Å². The molecule has 128 valence electrons. The minimum atomic E-state index is -0.137. The fourth-order valence-corrected chi connectivity index (χ4v) is 3.22. The van der Waals surface area contributed by atoms with Crippen molar-refractivity contribution in [3.8, 4) is 0 Å². The van der Waals surface area contributed by atoms with Crippen LogP contribution in [0.25, 0.3) is 0 Å². The van der Waals surface area contributed by atoms with Crippen LogP contribution in [0.4, 0.5) is 0 Å². The second kappa shape index (κ2) is 9.07. The van der Waals surface area contributed by atoms with Crippen LogP contribution in [-0.4, -0.2) is 30.4 Å². The SMILES string of the molecule is CCN(CC)C(CNC(=O)c1cccc(Cl)c1)c1ccccc1Cl. The van der Waals surface area contributed by atoms with E-state index in [9.17, 15) is 4.79 Å².